The van der Waals surface area contributed by atoms with Crippen LogP contribution in [0.5, 0.6) is 11.5 Å². The molecule has 0 atom stereocenters. The SMILES string of the molecule is O=C(Cn1c(CCNC(=O)c2ccccc2Cl)nc2ccccc21)Nc1ccc2c(c1)OCCO2. The Morgan fingerprint density at radius 1 is 0.971 bits per heavy atom. The highest BCUT2D eigenvalue weighted by atomic mass is 35.5. The monoisotopic (exact) mass is 490 g/mol. The van der Waals surface area contributed by atoms with E-state index < -0.39 is 0 Å². The lowest BCUT2D eigenvalue weighted by Gasteiger charge is -2.19. The van der Waals surface area contributed by atoms with Crippen LogP contribution in [-0.4, -0.2) is 41.1 Å². The number of rotatable bonds is 7. The number of benzene rings is 3. The van der Waals surface area contributed by atoms with Gasteiger partial charge < -0.3 is 24.7 Å². The molecule has 8 nitrogen and oxygen atoms in total. The van der Waals surface area contributed by atoms with Crippen LogP contribution >= 0.6 is 11.6 Å². The molecule has 35 heavy (non-hydrogen) atoms. The molecule has 0 unspecified atom stereocenters. The summed E-state index contributed by atoms with van der Waals surface area (Å²) >= 11 is 6.12. The van der Waals surface area contributed by atoms with Gasteiger partial charge in [-0.1, -0.05) is 35.9 Å². The molecule has 0 aliphatic carbocycles. The lowest BCUT2D eigenvalue weighted by molar-refractivity contribution is -0.116. The molecule has 0 saturated carbocycles. The highest BCUT2D eigenvalue weighted by molar-refractivity contribution is 6.33. The summed E-state index contributed by atoms with van der Waals surface area (Å²) in [4.78, 5) is 30.1. The van der Waals surface area contributed by atoms with Crippen LogP contribution in [-0.2, 0) is 17.8 Å². The van der Waals surface area contributed by atoms with E-state index in [0.29, 0.717) is 59.8 Å². The Morgan fingerprint density at radius 3 is 2.60 bits per heavy atom. The molecule has 2 N–H and O–H groups in total. The molecule has 1 aromatic heterocycles. The molecule has 1 aliphatic heterocycles. The van der Waals surface area contributed by atoms with Crippen LogP contribution in [0.3, 0.4) is 0 Å². The van der Waals surface area contributed by atoms with Gasteiger partial charge in [-0.25, -0.2) is 4.98 Å². The van der Waals surface area contributed by atoms with E-state index >= 15 is 0 Å². The van der Waals surface area contributed by atoms with Gasteiger partial charge in [-0.2, -0.15) is 0 Å². The largest absolute Gasteiger partial charge is 0.486 e. The number of carbonyl (C=O) groups excluding carboxylic acids is 2. The molecule has 0 saturated heterocycles. The van der Waals surface area contributed by atoms with Crippen LogP contribution in [0.2, 0.25) is 5.02 Å². The van der Waals surface area contributed by atoms with Gasteiger partial charge in [0.15, 0.2) is 11.5 Å². The third-order valence-corrected chi connectivity index (χ3v) is 5.94. The van der Waals surface area contributed by atoms with Crippen molar-refractivity contribution in [3.63, 3.8) is 0 Å². The maximum atomic E-state index is 12.9. The molecule has 5 rings (SSSR count). The number of hydrogen-bond donors (Lipinski definition) is 2. The molecule has 0 bridgehead atoms. The van der Waals surface area contributed by atoms with Crippen molar-refractivity contribution in [2.75, 3.05) is 25.1 Å². The Morgan fingerprint density at radius 2 is 1.74 bits per heavy atom. The van der Waals surface area contributed by atoms with E-state index in [1.165, 1.54) is 0 Å². The van der Waals surface area contributed by atoms with Gasteiger partial charge in [0, 0.05) is 24.7 Å². The summed E-state index contributed by atoms with van der Waals surface area (Å²) in [5.41, 5.74) is 2.67. The van der Waals surface area contributed by atoms with Crippen LogP contribution in [0, 0.1) is 0 Å². The maximum absolute atomic E-state index is 12.9. The molecule has 1 aliphatic rings. The summed E-state index contributed by atoms with van der Waals surface area (Å²) in [7, 11) is 0. The first-order chi connectivity index (χ1) is 17.1. The first kappa shape index (κ1) is 22.7. The first-order valence-electron chi connectivity index (χ1n) is 11.2. The Kier molecular flexibility index (Phi) is 6.54. The molecule has 0 spiro atoms. The fourth-order valence-electron chi connectivity index (χ4n) is 3.99. The molecule has 178 valence electrons. The zero-order chi connectivity index (χ0) is 24.2. The van der Waals surface area contributed by atoms with Gasteiger partial charge in [-0.05, 0) is 36.4 Å². The van der Waals surface area contributed by atoms with E-state index in [4.69, 9.17) is 21.1 Å². The lowest BCUT2D eigenvalue weighted by atomic mass is 10.2. The molecule has 4 aromatic rings. The van der Waals surface area contributed by atoms with Crippen molar-refractivity contribution in [3.8, 4) is 11.5 Å². The minimum absolute atomic E-state index is 0.0722. The summed E-state index contributed by atoms with van der Waals surface area (Å²) in [6.07, 6.45) is 0.447. The van der Waals surface area contributed by atoms with E-state index in [9.17, 15) is 9.59 Å². The summed E-state index contributed by atoms with van der Waals surface area (Å²) in [5.74, 6) is 1.51. The quantitative estimate of drug-likeness (QED) is 0.407. The Bertz CT molecular complexity index is 1400. The molecule has 9 heteroatoms. The number of fused-ring (bicyclic) bond motifs is 2. The molecular formula is C26H23ClN4O4. The summed E-state index contributed by atoms with van der Waals surface area (Å²) in [5, 5.41) is 6.19. The zero-order valence-electron chi connectivity index (χ0n) is 18.8. The number of hydrogen-bond acceptors (Lipinski definition) is 5. The van der Waals surface area contributed by atoms with Gasteiger partial charge in [-0.3, -0.25) is 9.59 Å². The van der Waals surface area contributed by atoms with Crippen LogP contribution in [0.1, 0.15) is 16.2 Å². The Hall–Kier alpha value is -4.04. The van der Waals surface area contributed by atoms with Gasteiger partial charge in [0.05, 0.1) is 21.6 Å². The van der Waals surface area contributed by atoms with Crippen molar-refractivity contribution in [1.29, 1.82) is 0 Å². The van der Waals surface area contributed by atoms with Gasteiger partial charge in [0.2, 0.25) is 5.91 Å². The van der Waals surface area contributed by atoms with Crippen LogP contribution in [0.4, 0.5) is 5.69 Å². The van der Waals surface area contributed by atoms with E-state index in [-0.39, 0.29) is 18.4 Å². The predicted molar refractivity (Wildman–Crippen MR) is 133 cm³/mol. The van der Waals surface area contributed by atoms with Crippen LogP contribution < -0.4 is 20.1 Å². The number of nitrogens with one attached hydrogen (secondary N) is 2. The molecule has 3 aromatic carbocycles. The van der Waals surface area contributed by atoms with Crippen molar-refractivity contribution in [2.45, 2.75) is 13.0 Å². The highest BCUT2D eigenvalue weighted by Crippen LogP contribution is 2.32. The summed E-state index contributed by atoms with van der Waals surface area (Å²) < 4.78 is 13.0. The number of anilines is 1. The second-order valence-corrected chi connectivity index (χ2v) is 8.40. The number of amides is 2. The van der Waals surface area contributed by atoms with E-state index in [1.807, 2.05) is 28.8 Å². The molecule has 2 heterocycles. The van der Waals surface area contributed by atoms with Gasteiger partial charge in [0.25, 0.3) is 5.91 Å². The number of ether oxygens (including phenoxy) is 2. The van der Waals surface area contributed by atoms with E-state index in [0.717, 1.165) is 11.0 Å². The Balaban J connectivity index is 1.29. The first-order valence-corrected chi connectivity index (χ1v) is 11.6. The minimum Gasteiger partial charge on any atom is -0.486 e. The number of aromatic nitrogens is 2. The van der Waals surface area contributed by atoms with Crippen molar-refractivity contribution < 1.29 is 19.1 Å². The summed E-state index contributed by atoms with van der Waals surface area (Å²) in [6, 6.07) is 19.8. The second kappa shape index (κ2) is 10.1. The highest BCUT2D eigenvalue weighted by Gasteiger charge is 2.17. The van der Waals surface area contributed by atoms with Crippen molar-refractivity contribution in [3.05, 3.63) is 83.1 Å². The average Bonchev–Trinajstić information content (AvgIpc) is 3.21. The van der Waals surface area contributed by atoms with E-state index in [2.05, 4.69) is 15.6 Å². The van der Waals surface area contributed by atoms with Gasteiger partial charge in [0.1, 0.15) is 25.6 Å². The molecule has 0 fully saturated rings. The standard InChI is InChI=1S/C26H23ClN4O4/c27-19-6-2-1-5-18(19)26(33)28-12-11-24-30-20-7-3-4-8-21(20)31(24)16-25(32)29-17-9-10-22-23(15-17)35-14-13-34-22/h1-10,15H,11-14,16H2,(H,28,33)(H,29,32). The summed E-state index contributed by atoms with van der Waals surface area (Å²) in [6.45, 7) is 1.40. The smallest absolute Gasteiger partial charge is 0.252 e. The van der Waals surface area contributed by atoms with Crippen molar-refractivity contribution >= 4 is 40.1 Å². The van der Waals surface area contributed by atoms with Gasteiger partial charge >= 0.3 is 0 Å². The second-order valence-electron chi connectivity index (χ2n) is 8.00. The van der Waals surface area contributed by atoms with Crippen molar-refractivity contribution in [1.82, 2.24) is 14.9 Å². The average molecular weight is 491 g/mol. The van der Waals surface area contributed by atoms with Crippen molar-refractivity contribution in [2.24, 2.45) is 0 Å². The fourth-order valence-corrected chi connectivity index (χ4v) is 4.21. The normalized spacial score (nSPS) is 12.4. The van der Waals surface area contributed by atoms with Crippen LogP contribution in [0.15, 0.2) is 66.7 Å². The zero-order valence-corrected chi connectivity index (χ0v) is 19.5. The Labute approximate surface area is 206 Å². The number of imidazole rings is 1. The molecule has 0 radical (unpaired) electrons. The molecule has 2 amide bonds. The minimum atomic E-state index is -0.255. The number of carbonyl (C=O) groups is 2. The fraction of sp³-hybridized carbons (Fsp3) is 0.192. The topological polar surface area (TPSA) is 94.5 Å². The number of para-hydroxylation sites is 2. The number of halogens is 1. The number of nitrogens with zero attached hydrogens (tertiary/aromatic N) is 2. The lowest BCUT2D eigenvalue weighted by Crippen LogP contribution is -2.27. The van der Waals surface area contributed by atoms with Gasteiger partial charge in [-0.15, -0.1) is 0 Å². The predicted octanol–water partition coefficient (Wildman–Crippen LogP) is 4.07. The van der Waals surface area contributed by atoms with E-state index in [1.54, 1.807) is 42.5 Å². The van der Waals surface area contributed by atoms with Crippen LogP contribution in [0.25, 0.3) is 11.0 Å². The third kappa shape index (κ3) is 5.07. The third-order valence-electron chi connectivity index (χ3n) is 5.61. The molecular weight excluding hydrogens is 468 g/mol. The maximum Gasteiger partial charge on any atom is 0.252 e.